The quantitative estimate of drug-likeness (QED) is 0.849. The molecule has 2 heterocycles. The van der Waals surface area contributed by atoms with E-state index in [1.54, 1.807) is 0 Å². The van der Waals surface area contributed by atoms with E-state index in [-0.39, 0.29) is 0 Å². The van der Waals surface area contributed by atoms with Crippen LogP contribution in [-0.2, 0) is 19.4 Å². The number of rotatable bonds is 6. The van der Waals surface area contributed by atoms with Gasteiger partial charge in [-0.2, -0.15) is 0 Å². The third-order valence-corrected chi connectivity index (χ3v) is 4.10. The Morgan fingerprint density at radius 1 is 1.37 bits per heavy atom. The number of imidazole rings is 1. The first-order valence-corrected chi connectivity index (χ1v) is 7.99. The Kier molecular flexibility index (Phi) is 5.03. The van der Waals surface area contributed by atoms with Crippen molar-refractivity contribution in [3.8, 4) is 0 Å². The van der Waals surface area contributed by atoms with Gasteiger partial charge < -0.3 is 9.88 Å². The molecule has 1 unspecified atom stereocenters. The van der Waals surface area contributed by atoms with Gasteiger partial charge in [0.2, 0.25) is 0 Å². The van der Waals surface area contributed by atoms with E-state index in [4.69, 9.17) is 4.98 Å². The normalized spacial score (nSPS) is 18.9. The molecule has 0 saturated heterocycles. The first kappa shape index (κ1) is 14.6. The number of aryl methyl sites for hydroxylation is 1. The summed E-state index contributed by atoms with van der Waals surface area (Å²) >= 11 is 0. The molecular weight excluding hydrogens is 234 g/mol. The number of aromatic nitrogens is 2. The van der Waals surface area contributed by atoms with Crippen molar-refractivity contribution in [3.63, 3.8) is 0 Å². The van der Waals surface area contributed by atoms with Gasteiger partial charge in [-0.25, -0.2) is 4.98 Å². The molecular formula is C16H29N3. The Bertz CT molecular complexity index is 406. The Labute approximate surface area is 117 Å². The number of hydrogen-bond acceptors (Lipinski definition) is 2. The predicted octanol–water partition coefficient (Wildman–Crippen LogP) is 3.62. The highest BCUT2D eigenvalue weighted by Crippen LogP contribution is 2.31. The van der Waals surface area contributed by atoms with Crippen LogP contribution < -0.4 is 5.32 Å². The minimum atomic E-state index is 0.525. The van der Waals surface area contributed by atoms with Gasteiger partial charge in [0.1, 0.15) is 5.82 Å². The maximum atomic E-state index is 4.95. The summed E-state index contributed by atoms with van der Waals surface area (Å²) in [6, 6.07) is 1.21. The standard InChI is InChI=1S/C16H29N3/c1-5-8-16-18-14(11-17-12(3)4)15-10-7-9-13(6-2)19(15)16/h12-13,17H,5-11H2,1-4H3. The van der Waals surface area contributed by atoms with Crippen molar-refractivity contribution in [1.29, 1.82) is 0 Å². The van der Waals surface area contributed by atoms with Crippen molar-refractivity contribution in [2.45, 2.75) is 84.8 Å². The molecule has 1 aliphatic rings. The molecule has 1 aromatic rings. The van der Waals surface area contributed by atoms with Crippen molar-refractivity contribution in [1.82, 2.24) is 14.9 Å². The molecule has 0 spiro atoms. The Morgan fingerprint density at radius 2 is 2.16 bits per heavy atom. The van der Waals surface area contributed by atoms with Gasteiger partial charge in [0.15, 0.2) is 0 Å². The summed E-state index contributed by atoms with van der Waals surface area (Å²) < 4.78 is 2.57. The fourth-order valence-electron chi connectivity index (χ4n) is 3.13. The molecule has 19 heavy (non-hydrogen) atoms. The molecule has 0 radical (unpaired) electrons. The molecule has 108 valence electrons. The van der Waals surface area contributed by atoms with Crippen LogP contribution in [0.25, 0.3) is 0 Å². The lowest BCUT2D eigenvalue weighted by Gasteiger charge is -2.27. The molecule has 0 bridgehead atoms. The maximum Gasteiger partial charge on any atom is 0.109 e. The first-order chi connectivity index (χ1) is 9.17. The molecule has 1 N–H and O–H groups in total. The van der Waals surface area contributed by atoms with Crippen LogP contribution in [0.1, 0.15) is 76.6 Å². The second-order valence-electron chi connectivity index (χ2n) is 6.03. The maximum absolute atomic E-state index is 4.95. The summed E-state index contributed by atoms with van der Waals surface area (Å²) in [6.07, 6.45) is 7.40. The highest BCUT2D eigenvalue weighted by molar-refractivity contribution is 5.21. The summed E-state index contributed by atoms with van der Waals surface area (Å²) in [6.45, 7) is 9.88. The van der Waals surface area contributed by atoms with E-state index in [1.165, 1.54) is 49.3 Å². The fourth-order valence-corrected chi connectivity index (χ4v) is 3.13. The monoisotopic (exact) mass is 263 g/mol. The van der Waals surface area contributed by atoms with Gasteiger partial charge in [0.05, 0.1) is 5.69 Å². The Hall–Kier alpha value is -0.830. The van der Waals surface area contributed by atoms with Crippen LogP contribution in [0.15, 0.2) is 0 Å². The molecule has 0 amide bonds. The highest BCUT2D eigenvalue weighted by atomic mass is 15.1. The number of fused-ring (bicyclic) bond motifs is 1. The average molecular weight is 263 g/mol. The van der Waals surface area contributed by atoms with Crippen LogP contribution in [0.4, 0.5) is 0 Å². The molecule has 3 heteroatoms. The Morgan fingerprint density at radius 3 is 2.79 bits per heavy atom. The minimum absolute atomic E-state index is 0.525. The lowest BCUT2D eigenvalue weighted by molar-refractivity contribution is 0.378. The third kappa shape index (κ3) is 3.19. The second kappa shape index (κ2) is 6.56. The van der Waals surface area contributed by atoms with Crippen molar-refractivity contribution >= 4 is 0 Å². The summed E-state index contributed by atoms with van der Waals surface area (Å²) in [5.41, 5.74) is 2.81. The van der Waals surface area contributed by atoms with Gasteiger partial charge in [-0.05, 0) is 32.1 Å². The summed E-state index contributed by atoms with van der Waals surface area (Å²) in [7, 11) is 0. The summed E-state index contributed by atoms with van der Waals surface area (Å²) in [5, 5.41) is 3.52. The lowest BCUT2D eigenvalue weighted by atomic mass is 9.99. The second-order valence-corrected chi connectivity index (χ2v) is 6.03. The van der Waals surface area contributed by atoms with E-state index in [0.717, 1.165) is 13.0 Å². The summed E-state index contributed by atoms with van der Waals surface area (Å²) in [5.74, 6) is 1.32. The molecule has 1 aliphatic heterocycles. The average Bonchev–Trinajstić information content (AvgIpc) is 2.75. The fraction of sp³-hybridized carbons (Fsp3) is 0.812. The zero-order valence-electron chi connectivity index (χ0n) is 13.0. The topological polar surface area (TPSA) is 29.9 Å². The zero-order chi connectivity index (χ0) is 13.8. The molecule has 0 saturated carbocycles. The van der Waals surface area contributed by atoms with E-state index < -0.39 is 0 Å². The first-order valence-electron chi connectivity index (χ1n) is 7.99. The molecule has 1 atom stereocenters. The third-order valence-electron chi connectivity index (χ3n) is 4.10. The van der Waals surface area contributed by atoms with Crippen LogP contribution in [0.5, 0.6) is 0 Å². The zero-order valence-corrected chi connectivity index (χ0v) is 13.0. The van der Waals surface area contributed by atoms with E-state index >= 15 is 0 Å². The van der Waals surface area contributed by atoms with Crippen molar-refractivity contribution in [3.05, 3.63) is 17.2 Å². The van der Waals surface area contributed by atoms with E-state index in [0.29, 0.717) is 12.1 Å². The van der Waals surface area contributed by atoms with Gasteiger partial charge in [-0.15, -0.1) is 0 Å². The molecule has 2 rings (SSSR count). The Balaban J connectivity index is 2.29. The van der Waals surface area contributed by atoms with Crippen molar-refractivity contribution < 1.29 is 0 Å². The van der Waals surface area contributed by atoms with E-state index in [2.05, 4.69) is 37.6 Å². The van der Waals surface area contributed by atoms with Crippen molar-refractivity contribution in [2.24, 2.45) is 0 Å². The van der Waals surface area contributed by atoms with Crippen LogP contribution >= 0.6 is 0 Å². The molecule has 1 aromatic heterocycles. The largest absolute Gasteiger partial charge is 0.329 e. The number of nitrogens with zero attached hydrogens (tertiary/aromatic N) is 2. The van der Waals surface area contributed by atoms with E-state index in [1.807, 2.05) is 0 Å². The van der Waals surface area contributed by atoms with Gasteiger partial charge in [0.25, 0.3) is 0 Å². The van der Waals surface area contributed by atoms with Crippen molar-refractivity contribution in [2.75, 3.05) is 0 Å². The minimum Gasteiger partial charge on any atom is -0.329 e. The van der Waals surface area contributed by atoms with Crippen LogP contribution in [0, 0.1) is 0 Å². The molecule has 3 nitrogen and oxygen atoms in total. The van der Waals surface area contributed by atoms with Crippen LogP contribution in [0.2, 0.25) is 0 Å². The molecule has 0 aliphatic carbocycles. The number of nitrogens with one attached hydrogen (secondary N) is 1. The van der Waals surface area contributed by atoms with Crippen LogP contribution in [0.3, 0.4) is 0 Å². The summed E-state index contributed by atoms with van der Waals surface area (Å²) in [4.78, 5) is 4.95. The van der Waals surface area contributed by atoms with Gasteiger partial charge in [-0.3, -0.25) is 0 Å². The molecule has 0 aromatic carbocycles. The smallest absolute Gasteiger partial charge is 0.109 e. The number of hydrogen-bond donors (Lipinski definition) is 1. The lowest BCUT2D eigenvalue weighted by Crippen LogP contribution is -2.24. The highest BCUT2D eigenvalue weighted by Gasteiger charge is 2.25. The van der Waals surface area contributed by atoms with E-state index in [9.17, 15) is 0 Å². The van der Waals surface area contributed by atoms with Gasteiger partial charge in [-0.1, -0.05) is 27.7 Å². The SMILES string of the molecule is CCCc1nc(CNC(C)C)c2n1C(CC)CCC2. The predicted molar refractivity (Wildman–Crippen MR) is 80.5 cm³/mol. The van der Waals surface area contributed by atoms with Gasteiger partial charge in [0, 0.05) is 30.7 Å². The van der Waals surface area contributed by atoms with Crippen LogP contribution in [-0.4, -0.2) is 15.6 Å². The van der Waals surface area contributed by atoms with Gasteiger partial charge >= 0.3 is 0 Å². The molecule has 0 fully saturated rings.